The minimum atomic E-state index is -4.82. The average molecular weight is 485 g/mol. The second-order valence-corrected chi connectivity index (χ2v) is 7.28. The van der Waals surface area contributed by atoms with Crippen LogP contribution < -0.4 is 15.4 Å². The summed E-state index contributed by atoms with van der Waals surface area (Å²) in [6, 6.07) is 12.7. The zero-order valence-corrected chi connectivity index (χ0v) is 18.4. The number of methoxy groups -OCH3 is 1. The van der Waals surface area contributed by atoms with E-state index in [0.29, 0.717) is 17.1 Å². The maximum atomic E-state index is 13.7. The summed E-state index contributed by atoms with van der Waals surface area (Å²) >= 11 is 0. The highest BCUT2D eigenvalue weighted by Crippen LogP contribution is 2.37. The molecule has 2 aromatic heterocycles. The predicted molar refractivity (Wildman–Crippen MR) is 119 cm³/mol. The molecule has 0 aliphatic carbocycles. The number of benzene rings is 2. The number of nitrogens with zero attached hydrogens (tertiary/aromatic N) is 3. The van der Waals surface area contributed by atoms with E-state index in [1.807, 2.05) is 0 Å². The summed E-state index contributed by atoms with van der Waals surface area (Å²) in [5.41, 5.74) is -1.07. The van der Waals surface area contributed by atoms with E-state index in [4.69, 9.17) is 9.15 Å². The molecule has 12 heteroatoms. The zero-order chi connectivity index (χ0) is 25.2. The van der Waals surface area contributed by atoms with Crippen molar-refractivity contribution in [1.29, 1.82) is 0 Å². The summed E-state index contributed by atoms with van der Waals surface area (Å²) in [5.74, 6) is -1.11. The number of nitrogens with one attached hydrogen (secondary N) is 2. The molecule has 0 aliphatic rings. The van der Waals surface area contributed by atoms with Crippen molar-refractivity contribution >= 4 is 23.2 Å². The number of rotatable bonds is 6. The van der Waals surface area contributed by atoms with Crippen LogP contribution in [0.15, 0.2) is 65.3 Å². The summed E-state index contributed by atoms with van der Waals surface area (Å²) in [6.45, 7) is 1.56. The Balaban J connectivity index is 1.59. The van der Waals surface area contributed by atoms with E-state index in [2.05, 4.69) is 20.9 Å². The van der Waals surface area contributed by atoms with Gasteiger partial charge in [-0.1, -0.05) is 11.3 Å². The molecule has 0 unspecified atom stereocenters. The van der Waals surface area contributed by atoms with Gasteiger partial charge in [0.15, 0.2) is 11.5 Å². The first-order chi connectivity index (χ1) is 16.7. The molecule has 0 fully saturated rings. The molecule has 0 radical (unpaired) electrons. The van der Waals surface area contributed by atoms with Crippen LogP contribution in [0, 0.1) is 6.92 Å². The van der Waals surface area contributed by atoms with Crippen molar-refractivity contribution in [3.8, 4) is 11.4 Å². The molecule has 0 aliphatic heterocycles. The van der Waals surface area contributed by atoms with Gasteiger partial charge in [0, 0.05) is 11.8 Å². The number of carbonyl (C=O) groups is 2. The van der Waals surface area contributed by atoms with Crippen molar-refractivity contribution < 1.29 is 31.9 Å². The Hall–Kier alpha value is -4.61. The Bertz CT molecular complexity index is 1380. The second-order valence-electron chi connectivity index (χ2n) is 7.28. The highest BCUT2D eigenvalue weighted by molar-refractivity contribution is 6.05. The summed E-state index contributed by atoms with van der Waals surface area (Å²) in [6.07, 6.45) is -3.55. The molecule has 4 aromatic rings. The second kappa shape index (κ2) is 9.33. The van der Waals surface area contributed by atoms with Crippen LogP contribution in [0.25, 0.3) is 5.69 Å². The molecular formula is C23H18F3N5O4. The third-order valence-corrected chi connectivity index (χ3v) is 4.98. The molecule has 0 saturated heterocycles. The van der Waals surface area contributed by atoms with E-state index in [0.717, 1.165) is 12.1 Å². The van der Waals surface area contributed by atoms with Crippen molar-refractivity contribution in [3.63, 3.8) is 0 Å². The molecule has 2 aromatic carbocycles. The SMILES string of the molecule is COc1cccc(-n2nnc(C(=O)Nc3ccc(NC(=O)c4ccco4)cc3C(F)(F)F)c2C)c1. The maximum Gasteiger partial charge on any atom is 0.418 e. The number of halogens is 3. The Morgan fingerprint density at radius 3 is 2.51 bits per heavy atom. The summed E-state index contributed by atoms with van der Waals surface area (Å²) in [7, 11) is 1.50. The van der Waals surface area contributed by atoms with Gasteiger partial charge in [-0.15, -0.1) is 5.10 Å². The number of amides is 2. The lowest BCUT2D eigenvalue weighted by molar-refractivity contribution is -0.136. The number of furan rings is 1. The molecule has 0 spiro atoms. The first-order valence-corrected chi connectivity index (χ1v) is 10.1. The number of aromatic nitrogens is 3. The normalized spacial score (nSPS) is 11.2. The standard InChI is InChI=1S/C23H18F3N5O4/c1-13-20(29-30-31(13)15-5-3-6-16(12-15)34-2)22(33)28-18-9-8-14(11-17(18)23(24,25)26)27-21(32)19-7-4-10-35-19/h3-12H,1-2H3,(H,27,32)(H,28,33). The van der Waals surface area contributed by atoms with Gasteiger partial charge in [-0.2, -0.15) is 13.2 Å². The Labute approximate surface area is 196 Å². The van der Waals surface area contributed by atoms with E-state index < -0.39 is 29.2 Å². The molecule has 4 rings (SSSR count). The van der Waals surface area contributed by atoms with Crippen molar-refractivity contribution in [2.75, 3.05) is 17.7 Å². The molecular weight excluding hydrogens is 467 g/mol. The minimum absolute atomic E-state index is 0.0643. The van der Waals surface area contributed by atoms with Crippen LogP contribution in [0.2, 0.25) is 0 Å². The fourth-order valence-electron chi connectivity index (χ4n) is 3.27. The smallest absolute Gasteiger partial charge is 0.418 e. The number of hydrogen-bond acceptors (Lipinski definition) is 6. The molecule has 2 N–H and O–H groups in total. The van der Waals surface area contributed by atoms with Gasteiger partial charge in [0.1, 0.15) is 5.75 Å². The number of ether oxygens (including phenoxy) is 1. The topological polar surface area (TPSA) is 111 Å². The van der Waals surface area contributed by atoms with Gasteiger partial charge >= 0.3 is 6.18 Å². The molecule has 180 valence electrons. The number of anilines is 2. The highest BCUT2D eigenvalue weighted by Gasteiger charge is 2.35. The van der Waals surface area contributed by atoms with Crippen LogP contribution in [0.1, 0.15) is 32.3 Å². The number of hydrogen-bond donors (Lipinski definition) is 2. The lowest BCUT2D eigenvalue weighted by atomic mass is 10.1. The van der Waals surface area contributed by atoms with E-state index in [1.165, 1.54) is 36.3 Å². The van der Waals surface area contributed by atoms with Crippen LogP contribution >= 0.6 is 0 Å². The molecule has 2 heterocycles. The maximum absolute atomic E-state index is 13.7. The third kappa shape index (κ3) is 5.00. The molecule has 0 bridgehead atoms. The van der Waals surface area contributed by atoms with Gasteiger partial charge in [-0.05, 0) is 49.4 Å². The minimum Gasteiger partial charge on any atom is -0.497 e. The predicted octanol–water partition coefficient (Wildman–Crippen LogP) is 4.70. The number of carbonyl (C=O) groups excluding carboxylic acids is 2. The lowest BCUT2D eigenvalue weighted by Gasteiger charge is -2.15. The van der Waals surface area contributed by atoms with Gasteiger partial charge in [-0.25, -0.2) is 4.68 Å². The van der Waals surface area contributed by atoms with Crippen LogP contribution in [0.3, 0.4) is 0 Å². The molecule has 0 saturated carbocycles. The Morgan fingerprint density at radius 2 is 1.83 bits per heavy atom. The molecule has 35 heavy (non-hydrogen) atoms. The van der Waals surface area contributed by atoms with Gasteiger partial charge in [0.25, 0.3) is 11.8 Å². The van der Waals surface area contributed by atoms with Crippen molar-refractivity contribution in [3.05, 3.63) is 83.6 Å². The van der Waals surface area contributed by atoms with Crippen LogP contribution in [-0.4, -0.2) is 33.9 Å². The highest BCUT2D eigenvalue weighted by atomic mass is 19.4. The summed E-state index contributed by atoms with van der Waals surface area (Å²) in [4.78, 5) is 24.9. The zero-order valence-electron chi connectivity index (χ0n) is 18.4. The molecule has 9 nitrogen and oxygen atoms in total. The van der Waals surface area contributed by atoms with E-state index in [-0.39, 0.29) is 17.1 Å². The lowest BCUT2D eigenvalue weighted by Crippen LogP contribution is -2.19. The van der Waals surface area contributed by atoms with Crippen LogP contribution in [0.5, 0.6) is 5.75 Å². The van der Waals surface area contributed by atoms with Gasteiger partial charge in [0.05, 0.1) is 36.0 Å². The quantitative estimate of drug-likeness (QED) is 0.410. The monoisotopic (exact) mass is 485 g/mol. The molecule has 0 atom stereocenters. The van der Waals surface area contributed by atoms with Crippen molar-refractivity contribution in [1.82, 2.24) is 15.0 Å². The van der Waals surface area contributed by atoms with Gasteiger partial charge in [0.2, 0.25) is 0 Å². The summed E-state index contributed by atoms with van der Waals surface area (Å²) in [5, 5.41) is 12.3. The fraction of sp³-hybridized carbons (Fsp3) is 0.130. The summed E-state index contributed by atoms with van der Waals surface area (Å²) < 4.78 is 52.7. The fourth-order valence-corrected chi connectivity index (χ4v) is 3.27. The van der Waals surface area contributed by atoms with Crippen molar-refractivity contribution in [2.24, 2.45) is 0 Å². The van der Waals surface area contributed by atoms with Gasteiger partial charge in [-0.3, -0.25) is 9.59 Å². The Morgan fingerprint density at radius 1 is 1.03 bits per heavy atom. The van der Waals surface area contributed by atoms with Gasteiger partial charge < -0.3 is 19.8 Å². The average Bonchev–Trinajstić information content (AvgIpc) is 3.49. The van der Waals surface area contributed by atoms with Crippen molar-refractivity contribution in [2.45, 2.75) is 13.1 Å². The third-order valence-electron chi connectivity index (χ3n) is 4.98. The largest absolute Gasteiger partial charge is 0.497 e. The van der Waals surface area contributed by atoms with Crippen LogP contribution in [0.4, 0.5) is 24.5 Å². The Kier molecular flexibility index (Phi) is 6.28. The van der Waals surface area contributed by atoms with Crippen LogP contribution in [-0.2, 0) is 6.18 Å². The first kappa shape index (κ1) is 23.5. The van der Waals surface area contributed by atoms with E-state index in [1.54, 1.807) is 31.2 Å². The molecule has 2 amide bonds. The van der Waals surface area contributed by atoms with E-state index in [9.17, 15) is 22.8 Å². The first-order valence-electron chi connectivity index (χ1n) is 10.1. The van der Waals surface area contributed by atoms with E-state index >= 15 is 0 Å². The number of alkyl halides is 3.